The van der Waals surface area contributed by atoms with Gasteiger partial charge in [-0.25, -0.2) is 14.2 Å². The van der Waals surface area contributed by atoms with Crippen molar-refractivity contribution in [2.24, 2.45) is 4.99 Å². The number of benzene rings is 1. The molecule has 0 unspecified atom stereocenters. The molecule has 1 aromatic rings. The third-order valence-electron chi connectivity index (χ3n) is 1.52. The van der Waals surface area contributed by atoms with Crippen molar-refractivity contribution in [3.63, 3.8) is 0 Å². The molecule has 3 nitrogen and oxygen atoms in total. The number of nitrogens with zero attached hydrogens (tertiary/aromatic N) is 1. The molecule has 0 aliphatic heterocycles. The minimum absolute atomic E-state index is 0.00694. The zero-order valence-electron chi connectivity index (χ0n) is 6.72. The van der Waals surface area contributed by atoms with Crippen molar-refractivity contribution in [1.82, 2.24) is 0 Å². The van der Waals surface area contributed by atoms with Gasteiger partial charge in [-0.05, 0) is 22.0 Å². The molecule has 0 saturated carbocycles. The first-order chi connectivity index (χ1) is 6.57. The Hall–Kier alpha value is -1.26. The summed E-state index contributed by atoms with van der Waals surface area (Å²) in [5, 5.41) is 8.97. The molecule has 0 radical (unpaired) electrons. The van der Waals surface area contributed by atoms with Gasteiger partial charge in [-0.1, -0.05) is 0 Å². The number of hydrogen-bond donors (Lipinski definition) is 1. The van der Waals surface area contributed by atoms with Crippen LogP contribution in [0.1, 0.15) is 5.56 Å². The van der Waals surface area contributed by atoms with Crippen LogP contribution in [0, 0.1) is 11.6 Å². The molecule has 0 aliphatic rings. The standard InChI is InChI=1S/C8H4BrF2NO2/c9-5-1-4(2-12-3-13)6(10)7(11)8(5)14/h1,14H,2H2. The van der Waals surface area contributed by atoms with E-state index in [0.717, 1.165) is 6.07 Å². The van der Waals surface area contributed by atoms with Crippen molar-refractivity contribution < 1.29 is 18.7 Å². The van der Waals surface area contributed by atoms with Gasteiger partial charge in [-0.2, -0.15) is 4.39 Å². The fourth-order valence-corrected chi connectivity index (χ4v) is 1.32. The number of hydrogen-bond acceptors (Lipinski definition) is 3. The molecule has 14 heavy (non-hydrogen) atoms. The first-order valence-corrected chi connectivity index (χ1v) is 4.26. The molecular weight excluding hydrogens is 260 g/mol. The molecule has 1 aromatic carbocycles. The quantitative estimate of drug-likeness (QED) is 0.506. The van der Waals surface area contributed by atoms with Crippen molar-refractivity contribution in [2.45, 2.75) is 6.54 Å². The highest BCUT2D eigenvalue weighted by Crippen LogP contribution is 2.30. The lowest BCUT2D eigenvalue weighted by Gasteiger charge is -2.04. The van der Waals surface area contributed by atoms with Crippen molar-refractivity contribution in [2.75, 3.05) is 0 Å². The molecule has 0 bridgehead atoms. The largest absolute Gasteiger partial charge is 0.504 e. The van der Waals surface area contributed by atoms with E-state index in [1.165, 1.54) is 6.08 Å². The Kier molecular flexibility index (Phi) is 3.33. The molecule has 0 atom stereocenters. The van der Waals surface area contributed by atoms with E-state index in [4.69, 9.17) is 5.11 Å². The van der Waals surface area contributed by atoms with Gasteiger partial charge in [0.15, 0.2) is 11.6 Å². The van der Waals surface area contributed by atoms with Crippen LogP contribution < -0.4 is 0 Å². The summed E-state index contributed by atoms with van der Waals surface area (Å²) in [4.78, 5) is 12.9. The molecule has 1 N–H and O–H groups in total. The second kappa shape index (κ2) is 4.30. The van der Waals surface area contributed by atoms with Crippen LogP contribution in [0.4, 0.5) is 8.78 Å². The molecule has 74 valence electrons. The van der Waals surface area contributed by atoms with E-state index in [0.29, 0.717) is 0 Å². The summed E-state index contributed by atoms with van der Waals surface area (Å²) in [6, 6.07) is 1.15. The monoisotopic (exact) mass is 263 g/mol. The van der Waals surface area contributed by atoms with Crippen LogP contribution in [-0.2, 0) is 11.3 Å². The number of aliphatic imine (C=N–C) groups is 1. The minimum Gasteiger partial charge on any atom is -0.504 e. The first-order valence-electron chi connectivity index (χ1n) is 3.47. The van der Waals surface area contributed by atoms with Crippen LogP contribution in [0.25, 0.3) is 0 Å². The van der Waals surface area contributed by atoms with Gasteiger partial charge >= 0.3 is 0 Å². The number of aromatic hydroxyl groups is 1. The second-order valence-electron chi connectivity index (χ2n) is 2.40. The lowest BCUT2D eigenvalue weighted by molar-refractivity contribution is 0.401. The number of phenolic OH excluding ortho intramolecular Hbond substituents is 1. The van der Waals surface area contributed by atoms with Gasteiger partial charge in [0.25, 0.3) is 0 Å². The minimum atomic E-state index is -1.37. The van der Waals surface area contributed by atoms with Gasteiger partial charge < -0.3 is 5.11 Å². The highest BCUT2D eigenvalue weighted by Gasteiger charge is 2.16. The molecule has 0 heterocycles. The SMILES string of the molecule is O=C=NCc1cc(Br)c(O)c(F)c1F. The summed E-state index contributed by atoms with van der Waals surface area (Å²) in [6.45, 7) is -0.314. The van der Waals surface area contributed by atoms with Gasteiger partial charge in [0.2, 0.25) is 11.9 Å². The van der Waals surface area contributed by atoms with Crippen LogP contribution in [0.2, 0.25) is 0 Å². The molecule has 6 heteroatoms. The van der Waals surface area contributed by atoms with Gasteiger partial charge in [0.1, 0.15) is 0 Å². The third-order valence-corrected chi connectivity index (χ3v) is 2.13. The fourth-order valence-electron chi connectivity index (χ4n) is 0.867. The number of rotatable bonds is 2. The zero-order valence-corrected chi connectivity index (χ0v) is 8.31. The van der Waals surface area contributed by atoms with Crippen LogP contribution in [0.5, 0.6) is 5.75 Å². The van der Waals surface area contributed by atoms with Gasteiger partial charge in [0.05, 0.1) is 11.0 Å². The van der Waals surface area contributed by atoms with E-state index < -0.39 is 17.4 Å². The Morgan fingerprint density at radius 3 is 2.71 bits per heavy atom. The van der Waals surface area contributed by atoms with E-state index in [-0.39, 0.29) is 16.6 Å². The number of halogens is 3. The van der Waals surface area contributed by atoms with Crippen molar-refractivity contribution in [3.05, 3.63) is 27.7 Å². The summed E-state index contributed by atoms with van der Waals surface area (Å²) >= 11 is 2.83. The van der Waals surface area contributed by atoms with Crippen LogP contribution in [0.15, 0.2) is 15.5 Å². The summed E-state index contributed by atoms with van der Waals surface area (Å²) < 4.78 is 25.9. The van der Waals surface area contributed by atoms with Gasteiger partial charge in [-0.15, -0.1) is 0 Å². The molecule has 1 rings (SSSR count). The number of carbonyl (C=O) groups excluding carboxylic acids is 1. The molecule has 0 amide bonds. The third kappa shape index (κ3) is 1.97. The summed E-state index contributed by atoms with van der Waals surface area (Å²) in [5.41, 5.74) is -0.129. The number of isocyanates is 1. The molecular formula is C8H4BrF2NO2. The normalized spacial score (nSPS) is 9.64. The van der Waals surface area contributed by atoms with Crippen LogP contribution >= 0.6 is 15.9 Å². The highest BCUT2D eigenvalue weighted by molar-refractivity contribution is 9.10. The van der Waals surface area contributed by atoms with E-state index in [1.807, 2.05) is 0 Å². The van der Waals surface area contributed by atoms with E-state index in [1.54, 1.807) is 0 Å². The summed E-state index contributed by atoms with van der Waals surface area (Å²) in [5.74, 6) is -3.39. The zero-order chi connectivity index (χ0) is 10.7. The van der Waals surface area contributed by atoms with E-state index in [9.17, 15) is 13.6 Å². The Balaban J connectivity index is 3.25. The van der Waals surface area contributed by atoms with Gasteiger partial charge in [-0.3, -0.25) is 0 Å². The maximum atomic E-state index is 13.0. The van der Waals surface area contributed by atoms with Gasteiger partial charge in [0, 0.05) is 5.56 Å². The average Bonchev–Trinajstić information content (AvgIpc) is 2.18. The Labute approximate surface area is 86.2 Å². The highest BCUT2D eigenvalue weighted by atomic mass is 79.9. The lowest BCUT2D eigenvalue weighted by atomic mass is 10.2. The Morgan fingerprint density at radius 2 is 2.14 bits per heavy atom. The Bertz CT molecular complexity index is 416. The Morgan fingerprint density at radius 1 is 1.50 bits per heavy atom. The predicted molar refractivity (Wildman–Crippen MR) is 47.5 cm³/mol. The number of phenols is 1. The van der Waals surface area contributed by atoms with E-state index >= 15 is 0 Å². The lowest BCUT2D eigenvalue weighted by Crippen LogP contribution is -1.94. The maximum absolute atomic E-state index is 13.0. The van der Waals surface area contributed by atoms with E-state index in [2.05, 4.69) is 20.9 Å². The van der Waals surface area contributed by atoms with Crippen LogP contribution in [0.3, 0.4) is 0 Å². The predicted octanol–water partition coefficient (Wildman–Crippen LogP) is 2.27. The second-order valence-corrected chi connectivity index (χ2v) is 3.26. The molecule has 0 aromatic heterocycles. The summed E-state index contributed by atoms with van der Waals surface area (Å²) in [7, 11) is 0. The smallest absolute Gasteiger partial charge is 0.235 e. The molecule has 0 fully saturated rings. The maximum Gasteiger partial charge on any atom is 0.235 e. The first kappa shape index (κ1) is 10.8. The molecule has 0 aliphatic carbocycles. The average molecular weight is 264 g/mol. The topological polar surface area (TPSA) is 49.7 Å². The molecule has 0 saturated heterocycles. The summed E-state index contributed by atoms with van der Waals surface area (Å²) in [6.07, 6.45) is 1.21. The van der Waals surface area contributed by atoms with Crippen molar-refractivity contribution >= 4 is 22.0 Å². The van der Waals surface area contributed by atoms with Crippen molar-refractivity contribution in [3.8, 4) is 5.75 Å². The van der Waals surface area contributed by atoms with Crippen LogP contribution in [-0.4, -0.2) is 11.2 Å². The fraction of sp³-hybridized carbons (Fsp3) is 0.125. The van der Waals surface area contributed by atoms with Crippen molar-refractivity contribution in [1.29, 1.82) is 0 Å². The molecule has 0 spiro atoms.